The van der Waals surface area contributed by atoms with Crippen molar-refractivity contribution in [1.29, 1.82) is 0 Å². The van der Waals surface area contributed by atoms with Crippen molar-refractivity contribution < 1.29 is 0 Å². The Balaban J connectivity index is 0.992. The van der Waals surface area contributed by atoms with Gasteiger partial charge in [0.1, 0.15) is 0 Å². The zero-order valence-corrected chi connectivity index (χ0v) is 33.2. The number of benzene rings is 9. The summed E-state index contributed by atoms with van der Waals surface area (Å²) in [5.41, 5.74) is 13.3. The normalized spacial score (nSPS) is 12.2. The summed E-state index contributed by atoms with van der Waals surface area (Å²) in [6.45, 7) is 0. The first-order chi connectivity index (χ1) is 30.8. The van der Waals surface area contributed by atoms with Crippen molar-refractivity contribution in [3.05, 3.63) is 194 Å². The molecule has 13 aromatic rings. The molecule has 0 N–H and O–H groups in total. The average Bonchev–Trinajstić information content (AvgIpc) is 3.97. The van der Waals surface area contributed by atoms with E-state index < -0.39 is 0 Å². The van der Waals surface area contributed by atoms with Gasteiger partial charge in [-0.2, -0.15) is 0 Å². The highest BCUT2D eigenvalue weighted by atomic mass is 15.0. The number of fused-ring (bicyclic) bond motifs is 11. The molecule has 0 saturated carbocycles. The molecule has 0 aliphatic heterocycles. The van der Waals surface area contributed by atoms with Crippen molar-refractivity contribution in [2.75, 3.05) is 0 Å². The molecular formula is C56H32N6. The van der Waals surface area contributed by atoms with Crippen molar-refractivity contribution in [3.63, 3.8) is 0 Å². The molecule has 0 atom stereocenters. The summed E-state index contributed by atoms with van der Waals surface area (Å²) < 4.78 is 4.77. The first-order valence-corrected chi connectivity index (χ1v) is 21.0. The zero-order valence-electron chi connectivity index (χ0n) is 33.2. The molecule has 0 amide bonds. The van der Waals surface area contributed by atoms with Gasteiger partial charge in [-0.1, -0.05) is 146 Å². The highest BCUT2D eigenvalue weighted by Crippen LogP contribution is 2.47. The maximum atomic E-state index is 5.37. The lowest BCUT2D eigenvalue weighted by molar-refractivity contribution is 1.16. The predicted octanol–water partition coefficient (Wildman–Crippen LogP) is 13.9. The molecule has 1 aliphatic carbocycles. The van der Waals surface area contributed by atoms with E-state index in [4.69, 9.17) is 19.9 Å². The van der Waals surface area contributed by atoms with Gasteiger partial charge in [0.05, 0.1) is 50.2 Å². The topological polar surface area (TPSA) is 61.4 Å². The molecule has 0 bridgehead atoms. The van der Waals surface area contributed by atoms with Gasteiger partial charge < -0.3 is 9.13 Å². The Hall–Kier alpha value is -8.48. The Bertz CT molecular complexity index is 3700. The second-order valence-electron chi connectivity index (χ2n) is 16.1. The molecule has 6 nitrogen and oxygen atoms in total. The lowest BCUT2D eigenvalue weighted by Crippen LogP contribution is -2.01. The molecule has 14 rings (SSSR count). The van der Waals surface area contributed by atoms with E-state index in [1.807, 2.05) is 0 Å². The molecular weight excluding hydrogens is 757 g/mol. The van der Waals surface area contributed by atoms with E-state index in [2.05, 4.69) is 203 Å². The minimum Gasteiger partial charge on any atom is -0.309 e. The Morgan fingerprint density at radius 3 is 0.968 bits per heavy atom. The van der Waals surface area contributed by atoms with Crippen LogP contribution in [-0.4, -0.2) is 29.1 Å². The number of hydrogen-bond acceptors (Lipinski definition) is 4. The predicted molar refractivity (Wildman–Crippen MR) is 254 cm³/mol. The zero-order chi connectivity index (χ0) is 40.5. The maximum Gasteiger partial charge on any atom is 0.168 e. The molecule has 4 aromatic heterocycles. The van der Waals surface area contributed by atoms with E-state index in [1.54, 1.807) is 0 Å². The number of rotatable bonds is 4. The number of para-hydroxylation sites is 4. The van der Waals surface area contributed by atoms with E-state index in [0.717, 1.165) is 71.9 Å². The lowest BCUT2D eigenvalue weighted by atomic mass is 10.0. The van der Waals surface area contributed by atoms with Crippen LogP contribution in [0.5, 0.6) is 0 Å². The summed E-state index contributed by atoms with van der Waals surface area (Å²) in [5.74, 6) is 1.27. The summed E-state index contributed by atoms with van der Waals surface area (Å²) in [5, 5.41) is 10.2. The highest BCUT2D eigenvalue weighted by molar-refractivity contribution is 6.15. The summed E-state index contributed by atoms with van der Waals surface area (Å²) in [4.78, 5) is 21.4. The van der Waals surface area contributed by atoms with E-state index >= 15 is 0 Å². The van der Waals surface area contributed by atoms with E-state index in [0.29, 0.717) is 17.3 Å². The third-order valence-corrected chi connectivity index (χ3v) is 12.9. The Morgan fingerprint density at radius 1 is 0.258 bits per heavy atom. The number of hydrogen-bond donors (Lipinski definition) is 0. The fourth-order valence-electron chi connectivity index (χ4n) is 10.3. The van der Waals surface area contributed by atoms with Crippen LogP contribution in [0.15, 0.2) is 194 Å². The van der Waals surface area contributed by atoms with Gasteiger partial charge in [0, 0.05) is 54.6 Å². The molecule has 286 valence electrons. The first kappa shape index (κ1) is 33.4. The quantitative estimate of drug-likeness (QED) is 0.178. The van der Waals surface area contributed by atoms with Crippen molar-refractivity contribution in [2.24, 2.45) is 0 Å². The molecule has 0 saturated heterocycles. The van der Waals surface area contributed by atoms with Gasteiger partial charge in [0.15, 0.2) is 17.3 Å². The lowest BCUT2D eigenvalue weighted by Gasteiger charge is -2.15. The minimum absolute atomic E-state index is 0.632. The van der Waals surface area contributed by atoms with Crippen LogP contribution >= 0.6 is 0 Å². The van der Waals surface area contributed by atoms with Gasteiger partial charge in [-0.05, 0) is 59.3 Å². The van der Waals surface area contributed by atoms with Crippen molar-refractivity contribution in [1.82, 2.24) is 29.1 Å². The third-order valence-electron chi connectivity index (χ3n) is 12.9. The SMILES string of the molecule is c1ccc2c(c1)-c1nc(-c3ccc(-n4c5ccccc5c5ccccc54)c4ccccc34)nc3nc(-c4ccc(-n5c6ccccc6c6ccccc65)c5ccccc45)nc-2c13. The van der Waals surface area contributed by atoms with Crippen LogP contribution in [0.2, 0.25) is 0 Å². The van der Waals surface area contributed by atoms with Crippen molar-refractivity contribution in [3.8, 4) is 56.7 Å². The molecule has 1 aliphatic rings. The Morgan fingerprint density at radius 2 is 0.581 bits per heavy atom. The van der Waals surface area contributed by atoms with Gasteiger partial charge in [-0.15, -0.1) is 0 Å². The Kier molecular flexibility index (Phi) is 6.74. The smallest absolute Gasteiger partial charge is 0.168 e. The molecule has 4 heterocycles. The second-order valence-corrected chi connectivity index (χ2v) is 16.1. The van der Waals surface area contributed by atoms with Crippen LogP contribution in [0.25, 0.3) is 133 Å². The maximum absolute atomic E-state index is 5.37. The fourth-order valence-corrected chi connectivity index (χ4v) is 10.3. The van der Waals surface area contributed by atoms with Crippen LogP contribution in [0, 0.1) is 0 Å². The molecule has 9 aromatic carbocycles. The van der Waals surface area contributed by atoms with Crippen molar-refractivity contribution in [2.45, 2.75) is 0 Å². The fraction of sp³-hybridized carbons (Fsp3) is 0. The molecule has 6 heteroatoms. The van der Waals surface area contributed by atoms with E-state index in [-0.39, 0.29) is 0 Å². The molecule has 0 unspecified atom stereocenters. The summed E-state index contributed by atoms with van der Waals surface area (Å²) in [6, 6.07) is 69.0. The van der Waals surface area contributed by atoms with Gasteiger partial charge in [-0.3, -0.25) is 0 Å². The van der Waals surface area contributed by atoms with Crippen LogP contribution in [-0.2, 0) is 0 Å². The van der Waals surface area contributed by atoms with Crippen LogP contribution in [0.4, 0.5) is 0 Å². The van der Waals surface area contributed by atoms with Crippen LogP contribution < -0.4 is 0 Å². The summed E-state index contributed by atoms with van der Waals surface area (Å²) in [6.07, 6.45) is 0. The van der Waals surface area contributed by atoms with Gasteiger partial charge >= 0.3 is 0 Å². The summed E-state index contributed by atoms with van der Waals surface area (Å²) in [7, 11) is 0. The molecule has 62 heavy (non-hydrogen) atoms. The second kappa shape index (κ2) is 12.5. The average molecular weight is 789 g/mol. The minimum atomic E-state index is 0.632. The first-order valence-electron chi connectivity index (χ1n) is 21.0. The van der Waals surface area contributed by atoms with Crippen LogP contribution in [0.1, 0.15) is 0 Å². The van der Waals surface area contributed by atoms with Crippen LogP contribution in [0.3, 0.4) is 0 Å². The van der Waals surface area contributed by atoms with Gasteiger partial charge in [0.2, 0.25) is 0 Å². The highest BCUT2D eigenvalue weighted by Gasteiger charge is 2.29. The largest absolute Gasteiger partial charge is 0.309 e. The van der Waals surface area contributed by atoms with E-state index in [9.17, 15) is 0 Å². The standard InChI is InChI=1S/C56H32N6/c1-3-17-35-33(15-1)43(29-31-49(35)61-45-25-11-7-19-37(45)38-20-8-12-26-46(38)61)54-57-52-41-23-5-6-24-42(41)53-51(52)56(59-54)60-55(58-53)44-30-32-50(36-18-4-2-16-34(36)44)62-47-27-13-9-21-39(47)40-22-10-14-28-48(40)62/h1-32H. The third kappa shape index (κ3) is 4.52. The van der Waals surface area contributed by atoms with Crippen molar-refractivity contribution >= 4 is 76.2 Å². The number of nitrogens with zero attached hydrogens (tertiary/aromatic N) is 6. The summed E-state index contributed by atoms with van der Waals surface area (Å²) >= 11 is 0. The van der Waals surface area contributed by atoms with E-state index in [1.165, 1.54) is 43.6 Å². The molecule has 0 spiro atoms. The molecule has 0 fully saturated rings. The molecule has 0 radical (unpaired) electrons. The Labute approximate surface area is 354 Å². The van der Waals surface area contributed by atoms with Gasteiger partial charge in [-0.25, -0.2) is 19.9 Å². The monoisotopic (exact) mass is 788 g/mol. The van der Waals surface area contributed by atoms with Gasteiger partial charge in [0.25, 0.3) is 0 Å². The number of aromatic nitrogens is 6.